The fourth-order valence-electron chi connectivity index (χ4n) is 2.03. The average molecular weight is 299 g/mol. The van der Waals surface area contributed by atoms with Gasteiger partial charge < -0.3 is 10.1 Å². The third-order valence-electron chi connectivity index (χ3n) is 3.49. The second kappa shape index (κ2) is 7.02. The Morgan fingerprint density at radius 2 is 2.00 bits per heavy atom. The van der Waals surface area contributed by atoms with Crippen LogP contribution in [0.1, 0.15) is 34.1 Å². The number of ether oxygens (including phenoxy) is 1. The second-order valence-electron chi connectivity index (χ2n) is 5.27. The van der Waals surface area contributed by atoms with Crippen LogP contribution in [-0.4, -0.2) is 28.9 Å². The molecule has 0 atom stereocenters. The van der Waals surface area contributed by atoms with Crippen LogP contribution in [0.15, 0.2) is 24.4 Å². The average Bonchev–Trinajstić information content (AvgIpc) is 2.47. The van der Waals surface area contributed by atoms with Crippen molar-refractivity contribution in [2.45, 2.75) is 27.7 Å². The number of carbonyl (C=O) groups excluding carboxylic acids is 1. The van der Waals surface area contributed by atoms with E-state index in [-0.39, 0.29) is 5.78 Å². The third kappa shape index (κ3) is 4.04. The number of hydrogen-bond acceptors (Lipinski definition) is 5. The fraction of sp³-hybridized carbons (Fsp3) is 0.353. The number of benzene rings is 1. The normalized spacial score (nSPS) is 10.4. The molecule has 0 aliphatic rings. The number of rotatable bonds is 6. The molecule has 1 aromatic heterocycles. The van der Waals surface area contributed by atoms with Crippen molar-refractivity contribution >= 4 is 11.7 Å². The quantitative estimate of drug-likeness (QED) is 0.656. The third-order valence-corrected chi connectivity index (χ3v) is 3.49. The minimum atomic E-state index is -0.0258. The van der Waals surface area contributed by atoms with Crippen LogP contribution >= 0.6 is 0 Å². The smallest absolute Gasteiger partial charge is 0.223 e. The van der Waals surface area contributed by atoms with Crippen LogP contribution in [0.4, 0.5) is 5.95 Å². The van der Waals surface area contributed by atoms with Gasteiger partial charge in [-0.1, -0.05) is 6.07 Å². The maximum atomic E-state index is 11.3. The summed E-state index contributed by atoms with van der Waals surface area (Å²) in [6, 6.07) is 6.04. The molecule has 116 valence electrons. The van der Waals surface area contributed by atoms with Crippen LogP contribution in [-0.2, 0) is 0 Å². The molecule has 0 fully saturated rings. The van der Waals surface area contributed by atoms with Gasteiger partial charge in [0.05, 0.1) is 17.8 Å². The van der Waals surface area contributed by atoms with E-state index in [4.69, 9.17) is 4.74 Å². The number of anilines is 1. The SMILES string of the molecule is CC(=O)c1cnc(NCCOc2ccc(C)c(C)c2)nc1C. The molecule has 0 radical (unpaired) electrons. The number of aromatic nitrogens is 2. The lowest BCUT2D eigenvalue weighted by Gasteiger charge is -2.10. The Morgan fingerprint density at radius 3 is 2.64 bits per heavy atom. The van der Waals surface area contributed by atoms with Crippen molar-refractivity contribution in [3.05, 3.63) is 46.8 Å². The van der Waals surface area contributed by atoms with Crippen LogP contribution in [0.3, 0.4) is 0 Å². The molecule has 2 aromatic rings. The Bertz CT molecular complexity index is 684. The van der Waals surface area contributed by atoms with E-state index in [2.05, 4.69) is 29.1 Å². The van der Waals surface area contributed by atoms with Gasteiger partial charge in [0.25, 0.3) is 0 Å². The standard InChI is InChI=1S/C17H21N3O2/c1-11-5-6-15(9-12(11)2)22-8-7-18-17-19-10-16(14(4)21)13(3)20-17/h5-6,9-10H,7-8H2,1-4H3,(H,18,19,20). The highest BCUT2D eigenvalue weighted by atomic mass is 16.5. The van der Waals surface area contributed by atoms with Gasteiger partial charge in [-0.25, -0.2) is 9.97 Å². The monoisotopic (exact) mass is 299 g/mol. The van der Waals surface area contributed by atoms with Crippen molar-refractivity contribution in [2.75, 3.05) is 18.5 Å². The number of aryl methyl sites for hydroxylation is 3. The summed E-state index contributed by atoms with van der Waals surface area (Å²) in [5, 5.41) is 3.09. The van der Waals surface area contributed by atoms with Gasteiger partial charge in [-0.05, 0) is 51.0 Å². The summed E-state index contributed by atoms with van der Waals surface area (Å²) in [5.74, 6) is 1.34. The minimum absolute atomic E-state index is 0.0258. The molecule has 0 spiro atoms. The molecule has 22 heavy (non-hydrogen) atoms. The Kier molecular flexibility index (Phi) is 5.09. The van der Waals surface area contributed by atoms with Crippen molar-refractivity contribution < 1.29 is 9.53 Å². The van der Waals surface area contributed by atoms with E-state index >= 15 is 0 Å². The van der Waals surface area contributed by atoms with Crippen molar-refractivity contribution in [1.82, 2.24) is 9.97 Å². The molecule has 0 amide bonds. The van der Waals surface area contributed by atoms with Crippen LogP contribution < -0.4 is 10.1 Å². The largest absolute Gasteiger partial charge is 0.492 e. The van der Waals surface area contributed by atoms with Crippen molar-refractivity contribution in [3.63, 3.8) is 0 Å². The molecule has 0 aliphatic carbocycles. The van der Waals surface area contributed by atoms with Gasteiger partial charge in [-0.3, -0.25) is 4.79 Å². The lowest BCUT2D eigenvalue weighted by molar-refractivity contribution is 0.101. The molecule has 1 N–H and O–H groups in total. The van der Waals surface area contributed by atoms with E-state index < -0.39 is 0 Å². The Balaban J connectivity index is 1.85. The molecular weight excluding hydrogens is 278 g/mol. The van der Waals surface area contributed by atoms with Gasteiger partial charge in [0.1, 0.15) is 12.4 Å². The maximum absolute atomic E-state index is 11.3. The predicted octanol–water partition coefficient (Wildman–Crippen LogP) is 3.10. The van der Waals surface area contributed by atoms with Crippen LogP contribution in [0.25, 0.3) is 0 Å². The first-order valence-corrected chi connectivity index (χ1v) is 7.26. The first-order valence-electron chi connectivity index (χ1n) is 7.26. The molecule has 0 unspecified atom stereocenters. The van der Waals surface area contributed by atoms with E-state index in [0.717, 1.165) is 5.75 Å². The van der Waals surface area contributed by atoms with Crippen molar-refractivity contribution in [3.8, 4) is 5.75 Å². The fourth-order valence-corrected chi connectivity index (χ4v) is 2.03. The summed E-state index contributed by atoms with van der Waals surface area (Å²) < 4.78 is 5.68. The van der Waals surface area contributed by atoms with Crippen LogP contribution in [0, 0.1) is 20.8 Å². The summed E-state index contributed by atoms with van der Waals surface area (Å²) in [6.07, 6.45) is 1.55. The van der Waals surface area contributed by atoms with Gasteiger partial charge in [-0.2, -0.15) is 0 Å². The first kappa shape index (κ1) is 15.9. The molecule has 2 rings (SSSR count). The van der Waals surface area contributed by atoms with Gasteiger partial charge in [0.2, 0.25) is 5.95 Å². The van der Waals surface area contributed by atoms with Gasteiger partial charge in [0.15, 0.2) is 5.78 Å². The molecule has 5 nitrogen and oxygen atoms in total. The molecule has 0 saturated carbocycles. The number of Topliss-reactive ketones (excluding diaryl/α,β-unsaturated/α-hetero) is 1. The minimum Gasteiger partial charge on any atom is -0.492 e. The highest BCUT2D eigenvalue weighted by molar-refractivity contribution is 5.94. The van der Waals surface area contributed by atoms with Crippen molar-refractivity contribution in [1.29, 1.82) is 0 Å². The van der Waals surface area contributed by atoms with Crippen LogP contribution in [0.2, 0.25) is 0 Å². The predicted molar refractivity (Wildman–Crippen MR) is 86.7 cm³/mol. The zero-order valence-corrected chi connectivity index (χ0v) is 13.4. The number of carbonyl (C=O) groups is 1. The highest BCUT2D eigenvalue weighted by Crippen LogP contribution is 2.16. The first-order chi connectivity index (χ1) is 10.5. The molecule has 0 aliphatic heterocycles. The summed E-state index contributed by atoms with van der Waals surface area (Å²) in [6.45, 7) is 8.55. The Morgan fingerprint density at radius 1 is 1.23 bits per heavy atom. The van der Waals surface area contributed by atoms with E-state index in [0.29, 0.717) is 30.4 Å². The number of nitrogens with one attached hydrogen (secondary N) is 1. The summed E-state index contributed by atoms with van der Waals surface area (Å²) in [5.41, 5.74) is 3.70. The van der Waals surface area contributed by atoms with E-state index in [9.17, 15) is 4.79 Å². The van der Waals surface area contributed by atoms with E-state index in [1.165, 1.54) is 18.1 Å². The lowest BCUT2D eigenvalue weighted by Crippen LogP contribution is -2.14. The van der Waals surface area contributed by atoms with E-state index in [1.54, 1.807) is 13.1 Å². The Hall–Kier alpha value is -2.43. The van der Waals surface area contributed by atoms with Gasteiger partial charge in [0, 0.05) is 6.20 Å². The number of nitrogens with zero attached hydrogens (tertiary/aromatic N) is 2. The topological polar surface area (TPSA) is 64.1 Å². The van der Waals surface area contributed by atoms with Gasteiger partial charge in [-0.15, -0.1) is 0 Å². The highest BCUT2D eigenvalue weighted by Gasteiger charge is 2.07. The maximum Gasteiger partial charge on any atom is 0.223 e. The molecular formula is C17H21N3O2. The molecule has 0 saturated heterocycles. The lowest BCUT2D eigenvalue weighted by atomic mass is 10.1. The second-order valence-corrected chi connectivity index (χ2v) is 5.27. The zero-order chi connectivity index (χ0) is 16.1. The number of ketones is 1. The molecule has 0 bridgehead atoms. The van der Waals surface area contributed by atoms with Crippen molar-refractivity contribution in [2.24, 2.45) is 0 Å². The molecule has 1 aromatic carbocycles. The summed E-state index contributed by atoms with van der Waals surface area (Å²) in [4.78, 5) is 19.7. The summed E-state index contributed by atoms with van der Waals surface area (Å²) >= 11 is 0. The zero-order valence-electron chi connectivity index (χ0n) is 13.4. The molecule has 5 heteroatoms. The summed E-state index contributed by atoms with van der Waals surface area (Å²) in [7, 11) is 0. The van der Waals surface area contributed by atoms with Gasteiger partial charge >= 0.3 is 0 Å². The van der Waals surface area contributed by atoms with E-state index in [1.807, 2.05) is 18.2 Å². The number of hydrogen-bond donors (Lipinski definition) is 1. The molecule has 1 heterocycles. The van der Waals surface area contributed by atoms with Crippen LogP contribution in [0.5, 0.6) is 5.75 Å². The Labute approximate surface area is 130 Å².